The van der Waals surface area contributed by atoms with E-state index in [1.165, 1.54) is 15.8 Å². The predicted octanol–water partition coefficient (Wildman–Crippen LogP) is -2.06. The third kappa shape index (κ3) is 1.94. The van der Waals surface area contributed by atoms with Crippen molar-refractivity contribution in [2.45, 2.75) is 6.54 Å². The molecule has 0 spiro atoms. The molecular formula is C6H9N9O. The highest BCUT2D eigenvalue weighted by Gasteiger charge is 2.08. The number of tetrazole rings is 1. The number of aromatic nitrogens is 7. The van der Waals surface area contributed by atoms with Gasteiger partial charge in [0.1, 0.15) is 12.9 Å². The molecule has 0 saturated heterocycles. The molecule has 0 radical (unpaired) electrons. The standard InChI is InChI=1S/C6H9N9O/c1-14-10-4(9-13-14)2-15-3-8-6(11-15)5(7)12-16/h3,16H,2H2,1H3,(H2,7,12). The van der Waals surface area contributed by atoms with Crippen molar-refractivity contribution in [3.8, 4) is 0 Å². The second-order valence-electron chi connectivity index (χ2n) is 2.95. The van der Waals surface area contributed by atoms with Crippen LogP contribution in [0.5, 0.6) is 0 Å². The molecule has 0 amide bonds. The van der Waals surface area contributed by atoms with Gasteiger partial charge in [-0.1, -0.05) is 5.16 Å². The van der Waals surface area contributed by atoms with Crippen molar-refractivity contribution < 1.29 is 5.21 Å². The zero-order valence-corrected chi connectivity index (χ0v) is 8.39. The van der Waals surface area contributed by atoms with Crippen LogP contribution in [0.4, 0.5) is 0 Å². The van der Waals surface area contributed by atoms with Gasteiger partial charge in [0.2, 0.25) is 11.7 Å². The van der Waals surface area contributed by atoms with E-state index in [9.17, 15) is 0 Å². The number of hydrogen-bond acceptors (Lipinski definition) is 7. The number of hydrogen-bond donors (Lipinski definition) is 2. The van der Waals surface area contributed by atoms with Crippen LogP contribution in [0.1, 0.15) is 11.6 Å². The van der Waals surface area contributed by atoms with Gasteiger partial charge in [-0.3, -0.25) is 0 Å². The fourth-order valence-electron chi connectivity index (χ4n) is 1.06. The molecule has 84 valence electrons. The van der Waals surface area contributed by atoms with Gasteiger partial charge in [-0.05, 0) is 5.21 Å². The highest BCUT2D eigenvalue weighted by atomic mass is 16.4. The minimum absolute atomic E-state index is 0.145. The molecule has 0 saturated carbocycles. The van der Waals surface area contributed by atoms with E-state index in [1.807, 2.05) is 0 Å². The Morgan fingerprint density at radius 2 is 2.38 bits per heavy atom. The first-order valence-electron chi connectivity index (χ1n) is 4.29. The largest absolute Gasteiger partial charge is 0.409 e. The van der Waals surface area contributed by atoms with Crippen molar-refractivity contribution >= 4 is 5.84 Å². The van der Waals surface area contributed by atoms with Crippen molar-refractivity contribution in [2.75, 3.05) is 0 Å². The Morgan fingerprint density at radius 3 is 3.00 bits per heavy atom. The maximum absolute atomic E-state index is 8.43. The molecule has 0 unspecified atom stereocenters. The molecule has 10 nitrogen and oxygen atoms in total. The quantitative estimate of drug-likeness (QED) is 0.264. The lowest BCUT2D eigenvalue weighted by Gasteiger charge is -1.93. The molecule has 0 aliphatic carbocycles. The second kappa shape index (κ2) is 3.92. The SMILES string of the molecule is Cn1nnc(Cn2cnc(C(N)=NO)n2)n1. The third-order valence-corrected chi connectivity index (χ3v) is 1.73. The molecule has 0 aliphatic heterocycles. The van der Waals surface area contributed by atoms with Crippen LogP contribution in [0.25, 0.3) is 0 Å². The summed E-state index contributed by atoms with van der Waals surface area (Å²) >= 11 is 0. The molecule has 10 heteroatoms. The molecule has 0 fully saturated rings. The molecular weight excluding hydrogens is 214 g/mol. The summed E-state index contributed by atoms with van der Waals surface area (Å²) in [6, 6.07) is 0. The lowest BCUT2D eigenvalue weighted by Crippen LogP contribution is -2.15. The summed E-state index contributed by atoms with van der Waals surface area (Å²) in [7, 11) is 1.67. The molecule has 0 aliphatic rings. The van der Waals surface area contributed by atoms with Gasteiger partial charge in [-0.25, -0.2) is 9.67 Å². The summed E-state index contributed by atoms with van der Waals surface area (Å²) in [5.41, 5.74) is 5.32. The van der Waals surface area contributed by atoms with E-state index >= 15 is 0 Å². The summed E-state index contributed by atoms with van der Waals surface area (Å²) in [6.07, 6.45) is 1.43. The second-order valence-corrected chi connectivity index (χ2v) is 2.95. The molecule has 0 aromatic carbocycles. The molecule has 16 heavy (non-hydrogen) atoms. The smallest absolute Gasteiger partial charge is 0.219 e. The summed E-state index contributed by atoms with van der Waals surface area (Å²) in [5.74, 6) is 0.496. The van der Waals surface area contributed by atoms with Crippen LogP contribution in [0.3, 0.4) is 0 Å². The number of oxime groups is 1. The molecule has 2 rings (SSSR count). The Kier molecular flexibility index (Phi) is 2.45. The van der Waals surface area contributed by atoms with E-state index in [0.29, 0.717) is 12.4 Å². The number of amidine groups is 1. The Bertz CT molecular complexity index is 512. The van der Waals surface area contributed by atoms with E-state index in [-0.39, 0.29) is 11.7 Å². The van der Waals surface area contributed by atoms with Crippen molar-refractivity contribution in [1.29, 1.82) is 0 Å². The Labute approximate surface area is 89.4 Å². The van der Waals surface area contributed by atoms with E-state index in [0.717, 1.165) is 0 Å². The van der Waals surface area contributed by atoms with Crippen molar-refractivity contribution in [3.63, 3.8) is 0 Å². The first-order chi connectivity index (χ1) is 7.69. The predicted molar refractivity (Wildman–Crippen MR) is 50.4 cm³/mol. The van der Waals surface area contributed by atoms with Crippen LogP contribution >= 0.6 is 0 Å². The number of aryl methyl sites for hydroxylation is 1. The van der Waals surface area contributed by atoms with E-state index < -0.39 is 0 Å². The van der Waals surface area contributed by atoms with Crippen LogP contribution in [0, 0.1) is 0 Å². The normalized spacial score (nSPS) is 11.9. The van der Waals surface area contributed by atoms with Gasteiger partial charge >= 0.3 is 0 Å². The Morgan fingerprint density at radius 1 is 1.56 bits per heavy atom. The summed E-state index contributed by atoms with van der Waals surface area (Å²) < 4.78 is 1.46. The van der Waals surface area contributed by atoms with Crippen LogP contribution in [-0.2, 0) is 13.6 Å². The van der Waals surface area contributed by atoms with Crippen LogP contribution in [0.15, 0.2) is 11.5 Å². The average Bonchev–Trinajstić information content (AvgIpc) is 2.87. The average molecular weight is 223 g/mol. The monoisotopic (exact) mass is 223 g/mol. The molecule has 2 aromatic heterocycles. The van der Waals surface area contributed by atoms with Crippen molar-refractivity contribution in [3.05, 3.63) is 18.0 Å². The Balaban J connectivity index is 2.14. The molecule has 0 atom stereocenters. The van der Waals surface area contributed by atoms with Crippen molar-refractivity contribution in [2.24, 2.45) is 17.9 Å². The lowest BCUT2D eigenvalue weighted by molar-refractivity contribution is 0.318. The van der Waals surface area contributed by atoms with E-state index in [2.05, 4.69) is 30.6 Å². The molecule has 0 bridgehead atoms. The van der Waals surface area contributed by atoms with Gasteiger partial charge in [0, 0.05) is 0 Å². The van der Waals surface area contributed by atoms with E-state index in [4.69, 9.17) is 10.9 Å². The fourth-order valence-corrected chi connectivity index (χ4v) is 1.06. The van der Waals surface area contributed by atoms with Crippen molar-refractivity contribution in [1.82, 2.24) is 35.0 Å². The van der Waals surface area contributed by atoms with Crippen LogP contribution < -0.4 is 5.73 Å². The first-order valence-corrected chi connectivity index (χ1v) is 4.29. The summed E-state index contributed by atoms with van der Waals surface area (Å²) in [6.45, 7) is 0.319. The van der Waals surface area contributed by atoms with Gasteiger partial charge in [0.15, 0.2) is 5.82 Å². The summed E-state index contributed by atoms with van der Waals surface area (Å²) in [4.78, 5) is 5.19. The lowest BCUT2D eigenvalue weighted by atomic mass is 10.6. The van der Waals surface area contributed by atoms with Crippen LogP contribution in [0.2, 0.25) is 0 Å². The summed E-state index contributed by atoms with van der Waals surface area (Å²) in [5, 5.41) is 26.6. The maximum atomic E-state index is 8.43. The number of rotatable bonds is 3. The van der Waals surface area contributed by atoms with Gasteiger partial charge < -0.3 is 10.9 Å². The third-order valence-electron chi connectivity index (χ3n) is 1.73. The van der Waals surface area contributed by atoms with Crippen LogP contribution in [-0.4, -0.2) is 46.0 Å². The zero-order valence-electron chi connectivity index (χ0n) is 8.39. The highest BCUT2D eigenvalue weighted by Crippen LogP contribution is 1.93. The molecule has 2 aromatic rings. The topological polar surface area (TPSA) is 133 Å². The number of nitrogens with zero attached hydrogens (tertiary/aromatic N) is 8. The zero-order chi connectivity index (χ0) is 11.5. The van der Waals surface area contributed by atoms with Gasteiger partial charge in [0.25, 0.3) is 0 Å². The number of nitrogens with two attached hydrogens (primary N) is 1. The fraction of sp³-hybridized carbons (Fsp3) is 0.333. The molecule has 2 heterocycles. The minimum atomic E-state index is -0.147. The molecule has 3 N–H and O–H groups in total. The van der Waals surface area contributed by atoms with E-state index in [1.54, 1.807) is 7.05 Å². The highest BCUT2D eigenvalue weighted by molar-refractivity contribution is 5.93. The van der Waals surface area contributed by atoms with Gasteiger partial charge in [-0.2, -0.15) is 4.80 Å². The first kappa shape index (κ1) is 10.0. The Hall–Kier alpha value is -2.52. The van der Waals surface area contributed by atoms with Gasteiger partial charge in [-0.15, -0.1) is 15.3 Å². The minimum Gasteiger partial charge on any atom is -0.409 e. The maximum Gasteiger partial charge on any atom is 0.219 e. The van der Waals surface area contributed by atoms with Gasteiger partial charge in [0.05, 0.1) is 7.05 Å².